The van der Waals surface area contributed by atoms with E-state index in [4.69, 9.17) is 18.9 Å². The molecular formula is C36H33NO6. The maximum absolute atomic E-state index is 12.9. The van der Waals surface area contributed by atoms with E-state index in [1.54, 1.807) is 20.3 Å². The lowest BCUT2D eigenvalue weighted by molar-refractivity contribution is 0.0446. The highest BCUT2D eigenvalue weighted by Gasteiger charge is 2.35. The average molecular weight is 576 g/mol. The number of hydrogen-bond donors (Lipinski definition) is 0. The molecule has 0 saturated heterocycles. The van der Waals surface area contributed by atoms with Crippen molar-refractivity contribution >= 4 is 33.7 Å². The molecule has 4 aromatic carbocycles. The van der Waals surface area contributed by atoms with Crippen LogP contribution in [0.4, 0.5) is 0 Å². The summed E-state index contributed by atoms with van der Waals surface area (Å²) >= 11 is 0. The SMILES string of the molecule is CCCCCCn1c2ccc(C3OC(=O)c4ccccc43)cc2c2cc(C3OC(=O)c4cc(OC)c(OC)cc43)ccc21. The van der Waals surface area contributed by atoms with Crippen LogP contribution in [0.5, 0.6) is 11.5 Å². The number of ether oxygens (including phenoxy) is 4. The maximum atomic E-state index is 12.9. The van der Waals surface area contributed by atoms with Gasteiger partial charge in [0.2, 0.25) is 0 Å². The van der Waals surface area contributed by atoms with E-state index in [1.165, 1.54) is 19.3 Å². The Kier molecular flexibility index (Phi) is 6.80. The minimum absolute atomic E-state index is 0.296. The standard InChI is InChI=1S/C36H33NO6/c1-4-5-6-9-16-37-29-14-12-21(33-23-10-7-8-11-24(23)35(38)42-33)17-25(29)26-18-22(13-15-30(26)37)34-27-19-31(40-2)32(41-3)20-28(27)36(39)43-34/h7-8,10-15,17-20,33-34H,4-6,9,16H2,1-3H3. The van der Waals surface area contributed by atoms with Gasteiger partial charge < -0.3 is 23.5 Å². The summed E-state index contributed by atoms with van der Waals surface area (Å²) in [5.41, 5.74) is 6.77. The van der Waals surface area contributed by atoms with Crippen LogP contribution >= 0.6 is 0 Å². The number of aromatic nitrogens is 1. The van der Waals surface area contributed by atoms with Crippen LogP contribution in [-0.4, -0.2) is 30.7 Å². The number of rotatable bonds is 9. The lowest BCUT2D eigenvalue weighted by Crippen LogP contribution is -2.02. The zero-order chi connectivity index (χ0) is 29.7. The molecule has 0 fully saturated rings. The van der Waals surface area contributed by atoms with E-state index in [9.17, 15) is 9.59 Å². The number of nitrogens with zero attached hydrogens (tertiary/aromatic N) is 1. The smallest absolute Gasteiger partial charge is 0.339 e. The van der Waals surface area contributed by atoms with Crippen LogP contribution in [-0.2, 0) is 16.0 Å². The van der Waals surface area contributed by atoms with Crippen molar-refractivity contribution in [2.45, 2.75) is 51.4 Å². The molecule has 0 radical (unpaired) electrons. The van der Waals surface area contributed by atoms with Gasteiger partial charge in [-0.15, -0.1) is 0 Å². The molecule has 0 aliphatic carbocycles. The number of carbonyl (C=O) groups excluding carboxylic acids is 2. The normalized spacial score (nSPS) is 17.2. The third-order valence-electron chi connectivity index (χ3n) is 8.72. The monoisotopic (exact) mass is 575 g/mol. The van der Waals surface area contributed by atoms with E-state index in [2.05, 4.69) is 41.8 Å². The van der Waals surface area contributed by atoms with Gasteiger partial charge in [0.25, 0.3) is 0 Å². The van der Waals surface area contributed by atoms with Crippen LogP contribution < -0.4 is 9.47 Å². The molecule has 3 heterocycles. The Balaban J connectivity index is 1.36. The summed E-state index contributed by atoms with van der Waals surface area (Å²) in [4.78, 5) is 25.5. The van der Waals surface area contributed by atoms with Gasteiger partial charge in [0.05, 0.1) is 25.3 Å². The summed E-state index contributed by atoms with van der Waals surface area (Å²) in [5, 5.41) is 2.13. The highest BCUT2D eigenvalue weighted by molar-refractivity contribution is 6.09. The summed E-state index contributed by atoms with van der Waals surface area (Å²) in [6.07, 6.45) is 3.62. The largest absolute Gasteiger partial charge is 0.493 e. The number of cyclic esters (lactones) is 2. The zero-order valence-electron chi connectivity index (χ0n) is 24.5. The first kappa shape index (κ1) is 27.1. The first-order chi connectivity index (χ1) is 21.0. The van der Waals surface area contributed by atoms with E-state index < -0.39 is 12.2 Å². The summed E-state index contributed by atoms with van der Waals surface area (Å²) in [7, 11) is 3.13. The second kappa shape index (κ2) is 10.8. The second-order valence-electron chi connectivity index (χ2n) is 11.2. The van der Waals surface area contributed by atoms with Gasteiger partial charge in [0.1, 0.15) is 0 Å². The van der Waals surface area contributed by atoms with Crippen molar-refractivity contribution in [2.75, 3.05) is 14.2 Å². The number of fused-ring (bicyclic) bond motifs is 5. The molecule has 2 atom stereocenters. The van der Waals surface area contributed by atoms with Crippen molar-refractivity contribution < 1.29 is 28.5 Å². The Morgan fingerprint density at radius 3 is 1.93 bits per heavy atom. The van der Waals surface area contributed by atoms with E-state index >= 15 is 0 Å². The lowest BCUT2D eigenvalue weighted by atomic mass is 9.96. The molecule has 0 amide bonds. The fraction of sp³-hybridized carbons (Fsp3) is 0.278. The number of unbranched alkanes of at least 4 members (excludes halogenated alkanes) is 3. The highest BCUT2D eigenvalue weighted by atomic mass is 16.6. The zero-order valence-corrected chi connectivity index (χ0v) is 24.5. The Morgan fingerprint density at radius 2 is 1.28 bits per heavy atom. The van der Waals surface area contributed by atoms with Gasteiger partial charge in [-0.3, -0.25) is 0 Å². The van der Waals surface area contributed by atoms with E-state index in [0.717, 1.165) is 57.0 Å². The molecule has 0 N–H and O–H groups in total. The predicted octanol–water partition coefficient (Wildman–Crippen LogP) is 7.91. The molecule has 7 heteroatoms. The summed E-state index contributed by atoms with van der Waals surface area (Å²) in [6, 6.07) is 23.7. The Morgan fingerprint density at radius 1 is 0.674 bits per heavy atom. The Hall–Kier alpha value is -4.78. The first-order valence-corrected chi connectivity index (χ1v) is 14.8. The van der Waals surface area contributed by atoms with Crippen molar-refractivity contribution in [1.82, 2.24) is 4.57 Å². The molecule has 0 spiro atoms. The van der Waals surface area contributed by atoms with Crippen molar-refractivity contribution in [3.63, 3.8) is 0 Å². The minimum Gasteiger partial charge on any atom is -0.493 e. The van der Waals surface area contributed by atoms with Crippen LogP contribution in [0, 0.1) is 0 Å². The molecule has 7 nitrogen and oxygen atoms in total. The Bertz CT molecular complexity index is 1900. The first-order valence-electron chi connectivity index (χ1n) is 14.8. The maximum Gasteiger partial charge on any atom is 0.339 e. The molecule has 2 aliphatic rings. The molecule has 7 rings (SSSR count). The van der Waals surface area contributed by atoms with Crippen LogP contribution in [0.3, 0.4) is 0 Å². The number of methoxy groups -OCH3 is 2. The number of benzene rings is 4. The van der Waals surface area contributed by atoms with E-state index in [0.29, 0.717) is 22.6 Å². The molecule has 2 unspecified atom stereocenters. The van der Waals surface area contributed by atoms with Crippen molar-refractivity contribution in [3.05, 3.63) is 106 Å². The van der Waals surface area contributed by atoms with Crippen LogP contribution in [0.25, 0.3) is 21.8 Å². The van der Waals surface area contributed by atoms with Gasteiger partial charge in [-0.05, 0) is 60.0 Å². The van der Waals surface area contributed by atoms with Gasteiger partial charge in [-0.25, -0.2) is 9.59 Å². The third-order valence-corrected chi connectivity index (χ3v) is 8.72. The summed E-state index contributed by atoms with van der Waals surface area (Å²) < 4.78 is 25.1. The summed E-state index contributed by atoms with van der Waals surface area (Å²) in [5.74, 6) is 0.353. The van der Waals surface area contributed by atoms with Crippen LogP contribution in [0.2, 0.25) is 0 Å². The molecular weight excluding hydrogens is 542 g/mol. The predicted molar refractivity (Wildman–Crippen MR) is 164 cm³/mol. The molecule has 0 bridgehead atoms. The topological polar surface area (TPSA) is 76.0 Å². The van der Waals surface area contributed by atoms with Crippen molar-refractivity contribution in [3.8, 4) is 11.5 Å². The number of hydrogen-bond acceptors (Lipinski definition) is 6. The van der Waals surface area contributed by atoms with E-state index in [1.807, 2.05) is 36.4 Å². The molecule has 0 saturated carbocycles. The molecule has 1 aromatic heterocycles. The average Bonchev–Trinajstić information content (AvgIpc) is 3.66. The quantitative estimate of drug-likeness (QED) is 0.131. The summed E-state index contributed by atoms with van der Waals surface area (Å²) in [6.45, 7) is 3.12. The fourth-order valence-electron chi connectivity index (χ4n) is 6.57. The molecule has 5 aromatic rings. The van der Waals surface area contributed by atoms with Crippen molar-refractivity contribution in [1.29, 1.82) is 0 Å². The van der Waals surface area contributed by atoms with Crippen LogP contribution in [0.1, 0.15) is 87.8 Å². The second-order valence-corrected chi connectivity index (χ2v) is 11.2. The van der Waals surface area contributed by atoms with E-state index in [-0.39, 0.29) is 11.9 Å². The number of esters is 2. The molecule has 2 aliphatic heterocycles. The van der Waals surface area contributed by atoms with Gasteiger partial charge in [-0.1, -0.05) is 56.5 Å². The van der Waals surface area contributed by atoms with Crippen molar-refractivity contribution in [2.24, 2.45) is 0 Å². The fourth-order valence-corrected chi connectivity index (χ4v) is 6.57. The third kappa shape index (κ3) is 4.42. The van der Waals surface area contributed by atoms with Crippen LogP contribution in [0.15, 0.2) is 72.8 Å². The Labute approximate surface area is 249 Å². The number of aryl methyl sites for hydroxylation is 1. The van der Waals surface area contributed by atoms with Gasteiger partial charge in [0, 0.05) is 39.5 Å². The van der Waals surface area contributed by atoms with Gasteiger partial charge in [-0.2, -0.15) is 0 Å². The van der Waals surface area contributed by atoms with Gasteiger partial charge in [0.15, 0.2) is 23.7 Å². The molecule has 43 heavy (non-hydrogen) atoms. The lowest BCUT2D eigenvalue weighted by Gasteiger charge is -2.14. The number of carbonyl (C=O) groups is 2. The highest BCUT2D eigenvalue weighted by Crippen LogP contribution is 2.44. The minimum atomic E-state index is -0.569. The van der Waals surface area contributed by atoms with Gasteiger partial charge >= 0.3 is 11.9 Å². The molecule has 218 valence electrons.